The number of rotatable bonds is 3. The molecule has 2 aromatic carbocycles. The predicted octanol–water partition coefficient (Wildman–Crippen LogP) is 6.24. The number of halogens is 3. The molecule has 0 amide bonds. The van der Waals surface area contributed by atoms with Crippen LogP contribution in [0.1, 0.15) is 12.5 Å². The summed E-state index contributed by atoms with van der Waals surface area (Å²) < 4.78 is 1.98. The van der Waals surface area contributed by atoms with Gasteiger partial charge in [-0.15, -0.1) is 0 Å². The second-order valence-corrected chi connectivity index (χ2v) is 7.01. The van der Waals surface area contributed by atoms with E-state index in [-0.39, 0.29) is 0 Å². The van der Waals surface area contributed by atoms with Gasteiger partial charge in [0.05, 0.1) is 10.7 Å². The molecular formula is C15H13Br2ClN2S. The third kappa shape index (κ3) is 4.68. The molecule has 0 saturated heterocycles. The molecule has 110 valence electrons. The third-order valence-corrected chi connectivity index (χ3v) is 4.38. The van der Waals surface area contributed by atoms with E-state index in [9.17, 15) is 0 Å². The van der Waals surface area contributed by atoms with Crippen molar-refractivity contribution in [2.45, 2.75) is 13.3 Å². The molecule has 2 rings (SSSR count). The van der Waals surface area contributed by atoms with E-state index in [1.807, 2.05) is 30.3 Å². The minimum absolute atomic E-state index is 0.510. The fourth-order valence-electron chi connectivity index (χ4n) is 1.84. The maximum Gasteiger partial charge on any atom is 0.175 e. The van der Waals surface area contributed by atoms with Gasteiger partial charge < -0.3 is 10.6 Å². The summed E-state index contributed by atoms with van der Waals surface area (Å²) >= 11 is 18.4. The Morgan fingerprint density at radius 1 is 1.05 bits per heavy atom. The highest BCUT2D eigenvalue weighted by molar-refractivity contribution is 9.10. The maximum absolute atomic E-state index is 6.17. The fourth-order valence-corrected chi connectivity index (χ4v) is 3.19. The molecular weight excluding hydrogens is 436 g/mol. The summed E-state index contributed by atoms with van der Waals surface area (Å²) in [5.74, 6) is 0. The molecule has 0 radical (unpaired) electrons. The van der Waals surface area contributed by atoms with Gasteiger partial charge in [0.15, 0.2) is 5.11 Å². The molecule has 2 N–H and O–H groups in total. The number of hydrogen-bond donors (Lipinski definition) is 2. The summed E-state index contributed by atoms with van der Waals surface area (Å²) in [5, 5.41) is 7.44. The molecule has 0 spiro atoms. The lowest BCUT2D eigenvalue weighted by molar-refractivity contribution is 1.14. The van der Waals surface area contributed by atoms with Crippen molar-refractivity contribution < 1.29 is 0 Å². The standard InChI is InChI=1S/C15H13Br2ClN2S/c1-2-9-7-10(16)3-5-13(9)19-15(21)20-14-6-4-11(17)8-12(14)18/h3-8H,2H2,1H3,(H2,19,20,21). The van der Waals surface area contributed by atoms with Crippen LogP contribution in [0, 0.1) is 0 Å². The molecule has 0 aliphatic rings. The second kappa shape index (κ2) is 7.58. The van der Waals surface area contributed by atoms with Crippen LogP contribution in [-0.2, 0) is 6.42 Å². The number of aryl methyl sites for hydroxylation is 1. The zero-order valence-corrected chi connectivity index (χ0v) is 16.0. The average molecular weight is 449 g/mol. The van der Waals surface area contributed by atoms with Crippen LogP contribution in [0.3, 0.4) is 0 Å². The van der Waals surface area contributed by atoms with Crippen molar-refractivity contribution in [3.05, 3.63) is 55.9 Å². The molecule has 0 bridgehead atoms. The first-order chi connectivity index (χ1) is 9.99. The lowest BCUT2D eigenvalue weighted by Crippen LogP contribution is -2.20. The van der Waals surface area contributed by atoms with Gasteiger partial charge in [-0.3, -0.25) is 0 Å². The molecule has 0 unspecified atom stereocenters. The number of nitrogens with one attached hydrogen (secondary N) is 2. The van der Waals surface area contributed by atoms with E-state index in [4.69, 9.17) is 23.8 Å². The molecule has 0 aliphatic heterocycles. The number of benzene rings is 2. The Morgan fingerprint density at radius 3 is 2.24 bits per heavy atom. The van der Waals surface area contributed by atoms with Crippen molar-refractivity contribution in [3.8, 4) is 0 Å². The summed E-state index contributed by atoms with van der Waals surface area (Å²) in [6, 6.07) is 11.7. The van der Waals surface area contributed by atoms with Gasteiger partial charge in [-0.2, -0.15) is 0 Å². The van der Waals surface area contributed by atoms with Crippen molar-refractivity contribution in [2.24, 2.45) is 0 Å². The molecule has 0 aromatic heterocycles. The Balaban J connectivity index is 2.11. The van der Waals surface area contributed by atoms with E-state index in [1.54, 1.807) is 0 Å². The summed E-state index contributed by atoms with van der Waals surface area (Å²) in [6.45, 7) is 2.11. The topological polar surface area (TPSA) is 24.1 Å². The van der Waals surface area contributed by atoms with Gasteiger partial charge in [-0.1, -0.05) is 50.4 Å². The summed E-state index contributed by atoms with van der Waals surface area (Å²) in [6.07, 6.45) is 0.920. The van der Waals surface area contributed by atoms with Crippen LogP contribution in [0.2, 0.25) is 5.02 Å². The van der Waals surface area contributed by atoms with Gasteiger partial charge in [0.2, 0.25) is 0 Å². The Kier molecular flexibility index (Phi) is 6.05. The van der Waals surface area contributed by atoms with Crippen LogP contribution < -0.4 is 10.6 Å². The molecule has 2 nitrogen and oxygen atoms in total. The largest absolute Gasteiger partial charge is 0.332 e. The molecule has 6 heteroatoms. The fraction of sp³-hybridized carbons (Fsp3) is 0.133. The summed E-state index contributed by atoms with van der Waals surface area (Å²) in [7, 11) is 0. The molecule has 0 fully saturated rings. The molecule has 0 aliphatic carbocycles. The highest BCUT2D eigenvalue weighted by Crippen LogP contribution is 2.26. The van der Waals surface area contributed by atoms with Crippen molar-refractivity contribution in [1.82, 2.24) is 0 Å². The second-order valence-electron chi connectivity index (χ2n) is 4.36. The van der Waals surface area contributed by atoms with Crippen LogP contribution in [-0.4, -0.2) is 5.11 Å². The molecule has 0 saturated carbocycles. The van der Waals surface area contributed by atoms with Crippen LogP contribution >= 0.6 is 55.7 Å². The number of thiocarbonyl (C=S) groups is 1. The van der Waals surface area contributed by atoms with Crippen molar-refractivity contribution >= 4 is 72.2 Å². The van der Waals surface area contributed by atoms with E-state index in [0.717, 1.165) is 26.7 Å². The zero-order valence-electron chi connectivity index (χ0n) is 11.2. The van der Waals surface area contributed by atoms with Crippen LogP contribution in [0.4, 0.5) is 11.4 Å². The lowest BCUT2D eigenvalue weighted by Gasteiger charge is -2.14. The Bertz CT molecular complexity index is 677. The quantitative estimate of drug-likeness (QED) is 0.544. The van der Waals surface area contributed by atoms with Gasteiger partial charge >= 0.3 is 0 Å². The number of anilines is 2. The lowest BCUT2D eigenvalue weighted by atomic mass is 10.1. The monoisotopic (exact) mass is 446 g/mol. The van der Waals surface area contributed by atoms with Gasteiger partial charge in [-0.25, -0.2) is 0 Å². The van der Waals surface area contributed by atoms with Gasteiger partial charge in [-0.05, 0) is 60.6 Å². The highest BCUT2D eigenvalue weighted by Gasteiger charge is 2.06. The zero-order chi connectivity index (χ0) is 15.4. The minimum atomic E-state index is 0.510. The predicted molar refractivity (Wildman–Crippen MR) is 103 cm³/mol. The number of hydrogen-bond acceptors (Lipinski definition) is 1. The van der Waals surface area contributed by atoms with Crippen LogP contribution in [0.25, 0.3) is 0 Å². The average Bonchev–Trinajstić information content (AvgIpc) is 2.44. The summed E-state index contributed by atoms with van der Waals surface area (Å²) in [4.78, 5) is 0. The molecule has 0 atom stereocenters. The van der Waals surface area contributed by atoms with E-state index in [0.29, 0.717) is 10.1 Å². The first kappa shape index (κ1) is 16.7. The SMILES string of the molecule is CCc1cc(Br)ccc1NC(=S)Nc1ccc(Br)cc1Cl. The van der Waals surface area contributed by atoms with Crippen LogP contribution in [0.15, 0.2) is 45.3 Å². The van der Waals surface area contributed by atoms with Gasteiger partial charge in [0.25, 0.3) is 0 Å². The van der Waals surface area contributed by atoms with Crippen molar-refractivity contribution in [1.29, 1.82) is 0 Å². The molecule has 21 heavy (non-hydrogen) atoms. The van der Waals surface area contributed by atoms with E-state index in [2.05, 4.69) is 55.5 Å². The summed E-state index contributed by atoms with van der Waals surface area (Å²) in [5.41, 5.74) is 2.95. The molecule has 0 heterocycles. The van der Waals surface area contributed by atoms with Crippen LogP contribution in [0.5, 0.6) is 0 Å². The van der Waals surface area contributed by atoms with Gasteiger partial charge in [0, 0.05) is 14.6 Å². The van der Waals surface area contributed by atoms with Gasteiger partial charge in [0.1, 0.15) is 0 Å². The smallest absolute Gasteiger partial charge is 0.175 e. The maximum atomic E-state index is 6.17. The first-order valence-electron chi connectivity index (χ1n) is 6.31. The Labute approximate surface area is 151 Å². The van der Waals surface area contributed by atoms with E-state index in [1.165, 1.54) is 5.56 Å². The van der Waals surface area contributed by atoms with Crippen molar-refractivity contribution in [3.63, 3.8) is 0 Å². The van der Waals surface area contributed by atoms with E-state index >= 15 is 0 Å². The normalized spacial score (nSPS) is 10.3. The van der Waals surface area contributed by atoms with Crippen molar-refractivity contribution in [2.75, 3.05) is 10.6 Å². The Hall–Kier alpha value is -0.620. The molecule has 2 aromatic rings. The first-order valence-corrected chi connectivity index (χ1v) is 8.68. The van der Waals surface area contributed by atoms with E-state index < -0.39 is 0 Å². The third-order valence-electron chi connectivity index (χ3n) is 2.88. The Morgan fingerprint density at radius 2 is 1.62 bits per heavy atom. The minimum Gasteiger partial charge on any atom is -0.332 e. The highest BCUT2D eigenvalue weighted by atomic mass is 79.9.